The van der Waals surface area contributed by atoms with Crippen molar-refractivity contribution >= 4 is 23.3 Å². The molecule has 0 amide bonds. The summed E-state index contributed by atoms with van der Waals surface area (Å²) in [5.41, 5.74) is 3.87. The SMILES string of the molecule is Cc1ccccc1C(C)n1nc(C(=O)O)c2c1CCN(c1cnn(C3CCCCO3)c(=O)c1Cl)C2. The summed E-state index contributed by atoms with van der Waals surface area (Å²) in [4.78, 5) is 27.0. The fraction of sp³-hybridized carbons (Fsp3) is 0.440. The van der Waals surface area contributed by atoms with Gasteiger partial charge in [0.05, 0.1) is 17.9 Å². The summed E-state index contributed by atoms with van der Waals surface area (Å²) in [5, 5.41) is 18.8. The van der Waals surface area contributed by atoms with Crippen LogP contribution in [0.25, 0.3) is 0 Å². The number of rotatable bonds is 5. The van der Waals surface area contributed by atoms with E-state index in [1.807, 2.05) is 47.7 Å². The molecule has 0 saturated carbocycles. The Morgan fingerprint density at radius 3 is 2.80 bits per heavy atom. The first-order chi connectivity index (χ1) is 16.9. The third-order valence-electron chi connectivity index (χ3n) is 6.99. The fourth-order valence-electron chi connectivity index (χ4n) is 5.11. The molecule has 35 heavy (non-hydrogen) atoms. The third kappa shape index (κ3) is 4.23. The predicted molar refractivity (Wildman–Crippen MR) is 131 cm³/mol. The van der Waals surface area contributed by atoms with E-state index in [1.54, 1.807) is 6.20 Å². The number of carboxylic acids is 1. The highest BCUT2D eigenvalue weighted by Gasteiger charge is 2.32. The number of ether oxygens (including phenoxy) is 1. The van der Waals surface area contributed by atoms with E-state index in [1.165, 1.54) is 4.68 Å². The normalized spacial score (nSPS) is 18.8. The maximum Gasteiger partial charge on any atom is 0.356 e. The molecule has 10 heteroatoms. The molecular formula is C25H28ClN5O4. The number of hydrogen-bond acceptors (Lipinski definition) is 6. The van der Waals surface area contributed by atoms with Crippen LogP contribution in [0.2, 0.25) is 5.02 Å². The second-order valence-electron chi connectivity index (χ2n) is 9.14. The summed E-state index contributed by atoms with van der Waals surface area (Å²) in [6.45, 7) is 5.50. The van der Waals surface area contributed by atoms with Crippen LogP contribution in [0, 0.1) is 6.92 Å². The molecule has 184 valence electrons. The number of benzene rings is 1. The number of nitrogens with zero attached hydrogens (tertiary/aromatic N) is 5. The van der Waals surface area contributed by atoms with Crippen molar-refractivity contribution in [3.05, 3.63) is 73.9 Å². The van der Waals surface area contributed by atoms with Crippen molar-refractivity contribution < 1.29 is 14.6 Å². The standard InChI is InChI=1S/C25H28ClN5O4/c1-15-7-3-4-8-17(15)16(2)30-19-10-11-29(14-18(19)23(28-30)25(33)34)20-13-27-31(24(32)22(20)26)21-9-5-6-12-35-21/h3-4,7-8,13,16,21H,5-6,9-12,14H2,1-2H3,(H,33,34). The number of aromatic nitrogens is 4. The summed E-state index contributed by atoms with van der Waals surface area (Å²) < 4.78 is 8.84. The molecule has 9 nitrogen and oxygen atoms in total. The van der Waals surface area contributed by atoms with Crippen LogP contribution in [0.15, 0.2) is 35.3 Å². The largest absolute Gasteiger partial charge is 0.476 e. The first-order valence-corrected chi connectivity index (χ1v) is 12.3. The van der Waals surface area contributed by atoms with E-state index in [2.05, 4.69) is 10.2 Å². The highest BCUT2D eigenvalue weighted by molar-refractivity contribution is 6.33. The van der Waals surface area contributed by atoms with Crippen molar-refractivity contribution in [2.45, 2.75) is 58.3 Å². The summed E-state index contributed by atoms with van der Waals surface area (Å²) in [6, 6.07) is 7.92. The van der Waals surface area contributed by atoms with Crippen LogP contribution in [0.3, 0.4) is 0 Å². The van der Waals surface area contributed by atoms with E-state index < -0.39 is 17.8 Å². The lowest BCUT2D eigenvalue weighted by Crippen LogP contribution is -2.36. The summed E-state index contributed by atoms with van der Waals surface area (Å²) in [7, 11) is 0. The molecule has 1 saturated heterocycles. The van der Waals surface area contributed by atoms with E-state index in [9.17, 15) is 14.7 Å². The molecule has 2 unspecified atom stereocenters. The molecule has 5 rings (SSSR count). The maximum absolute atomic E-state index is 13.0. The molecule has 1 fully saturated rings. The number of anilines is 1. The van der Waals surface area contributed by atoms with Gasteiger partial charge in [-0.2, -0.15) is 14.9 Å². The second kappa shape index (κ2) is 9.47. The summed E-state index contributed by atoms with van der Waals surface area (Å²) >= 11 is 6.53. The predicted octanol–water partition coefficient (Wildman–Crippen LogP) is 3.97. The molecule has 0 bridgehead atoms. The molecule has 1 aromatic carbocycles. The van der Waals surface area contributed by atoms with Gasteiger partial charge in [-0.3, -0.25) is 9.48 Å². The highest BCUT2D eigenvalue weighted by atomic mass is 35.5. The minimum atomic E-state index is -1.08. The zero-order chi connectivity index (χ0) is 24.7. The zero-order valence-electron chi connectivity index (χ0n) is 19.8. The topological polar surface area (TPSA) is 102 Å². The van der Waals surface area contributed by atoms with Gasteiger partial charge >= 0.3 is 5.97 Å². The summed E-state index contributed by atoms with van der Waals surface area (Å²) in [5.74, 6) is -1.08. The number of fused-ring (bicyclic) bond motifs is 1. The molecule has 1 N–H and O–H groups in total. The molecule has 0 aliphatic carbocycles. The minimum absolute atomic E-state index is 0.0261. The molecule has 4 heterocycles. The van der Waals surface area contributed by atoms with Crippen molar-refractivity contribution in [2.75, 3.05) is 18.1 Å². The van der Waals surface area contributed by atoms with Crippen molar-refractivity contribution in [3.8, 4) is 0 Å². The first kappa shape index (κ1) is 23.6. The van der Waals surface area contributed by atoms with Gasteiger partial charge in [0.2, 0.25) is 0 Å². The fourth-order valence-corrected chi connectivity index (χ4v) is 5.36. The Labute approximate surface area is 207 Å². The summed E-state index contributed by atoms with van der Waals surface area (Å²) in [6.07, 6.45) is 4.39. The molecule has 3 aromatic rings. The van der Waals surface area contributed by atoms with Gasteiger partial charge in [-0.15, -0.1) is 0 Å². The van der Waals surface area contributed by atoms with Crippen LogP contribution >= 0.6 is 11.6 Å². The van der Waals surface area contributed by atoms with Gasteiger partial charge in [0, 0.05) is 37.4 Å². The number of carboxylic acid groups (broad SMARTS) is 1. The number of carbonyl (C=O) groups is 1. The average Bonchev–Trinajstić information content (AvgIpc) is 3.25. The number of aromatic carboxylic acids is 1. The quantitative estimate of drug-likeness (QED) is 0.569. The molecule has 2 atom stereocenters. The van der Waals surface area contributed by atoms with Crippen LogP contribution in [-0.2, 0) is 17.7 Å². The van der Waals surface area contributed by atoms with Gasteiger partial charge in [-0.1, -0.05) is 35.9 Å². The van der Waals surface area contributed by atoms with Gasteiger partial charge in [-0.05, 0) is 44.2 Å². The van der Waals surface area contributed by atoms with E-state index in [-0.39, 0.29) is 23.3 Å². The Hall–Kier alpha value is -3.17. The molecule has 0 spiro atoms. The highest BCUT2D eigenvalue weighted by Crippen LogP contribution is 2.33. The minimum Gasteiger partial charge on any atom is -0.476 e. The van der Waals surface area contributed by atoms with E-state index in [4.69, 9.17) is 16.3 Å². The van der Waals surface area contributed by atoms with Gasteiger partial charge in [0.25, 0.3) is 5.56 Å². The monoisotopic (exact) mass is 497 g/mol. The molecule has 2 aliphatic rings. The van der Waals surface area contributed by atoms with Crippen LogP contribution < -0.4 is 10.5 Å². The lowest BCUT2D eigenvalue weighted by Gasteiger charge is -2.31. The van der Waals surface area contributed by atoms with Crippen LogP contribution in [-0.4, -0.2) is 43.8 Å². The Balaban J connectivity index is 1.48. The van der Waals surface area contributed by atoms with Crippen molar-refractivity contribution in [2.24, 2.45) is 0 Å². The molecule has 2 aliphatic heterocycles. The lowest BCUT2D eigenvalue weighted by atomic mass is 10.0. The third-order valence-corrected chi connectivity index (χ3v) is 7.34. The van der Waals surface area contributed by atoms with Crippen LogP contribution in [0.4, 0.5) is 5.69 Å². The first-order valence-electron chi connectivity index (χ1n) is 11.9. The van der Waals surface area contributed by atoms with Crippen molar-refractivity contribution in [1.82, 2.24) is 19.6 Å². The number of hydrogen-bond donors (Lipinski definition) is 1. The van der Waals surface area contributed by atoms with E-state index in [0.29, 0.717) is 30.8 Å². The van der Waals surface area contributed by atoms with E-state index in [0.717, 1.165) is 36.1 Å². The molecule has 0 radical (unpaired) electrons. The number of halogens is 1. The Kier molecular flexibility index (Phi) is 6.37. The smallest absolute Gasteiger partial charge is 0.356 e. The van der Waals surface area contributed by atoms with Gasteiger partial charge in [0.1, 0.15) is 5.02 Å². The van der Waals surface area contributed by atoms with Gasteiger partial charge in [-0.25, -0.2) is 4.79 Å². The zero-order valence-corrected chi connectivity index (χ0v) is 20.5. The van der Waals surface area contributed by atoms with Gasteiger partial charge < -0.3 is 14.7 Å². The number of aryl methyl sites for hydroxylation is 1. The Bertz CT molecular complexity index is 1330. The van der Waals surface area contributed by atoms with Crippen molar-refractivity contribution in [1.29, 1.82) is 0 Å². The average molecular weight is 498 g/mol. The van der Waals surface area contributed by atoms with Crippen LogP contribution in [0.1, 0.15) is 71.3 Å². The van der Waals surface area contributed by atoms with Crippen molar-refractivity contribution in [3.63, 3.8) is 0 Å². The maximum atomic E-state index is 13.0. The molecule has 2 aromatic heterocycles. The second-order valence-corrected chi connectivity index (χ2v) is 9.52. The van der Waals surface area contributed by atoms with E-state index >= 15 is 0 Å². The lowest BCUT2D eigenvalue weighted by molar-refractivity contribution is -0.0424. The van der Waals surface area contributed by atoms with Gasteiger partial charge in [0.15, 0.2) is 11.9 Å². The van der Waals surface area contributed by atoms with Crippen LogP contribution in [0.5, 0.6) is 0 Å². The Morgan fingerprint density at radius 2 is 2.09 bits per heavy atom. The molecular weight excluding hydrogens is 470 g/mol. The Morgan fingerprint density at radius 1 is 1.29 bits per heavy atom.